The van der Waals surface area contributed by atoms with E-state index in [0.717, 1.165) is 30.5 Å². The molecule has 0 radical (unpaired) electrons. The first-order chi connectivity index (χ1) is 15.1. The molecule has 0 aliphatic carbocycles. The van der Waals surface area contributed by atoms with Crippen LogP contribution in [0.4, 0.5) is 14.5 Å². The second-order valence-corrected chi connectivity index (χ2v) is 8.24. The van der Waals surface area contributed by atoms with Gasteiger partial charge in [0.1, 0.15) is 17.4 Å². The third kappa shape index (κ3) is 5.80. The van der Waals surface area contributed by atoms with Crippen molar-refractivity contribution in [1.82, 2.24) is 9.80 Å². The molecule has 0 N–H and O–H groups in total. The van der Waals surface area contributed by atoms with Gasteiger partial charge in [-0.25, -0.2) is 8.78 Å². The van der Waals surface area contributed by atoms with E-state index in [4.69, 9.17) is 4.74 Å². The molecule has 31 heavy (non-hydrogen) atoms. The smallest absolute Gasteiger partial charge is 0.241 e. The van der Waals surface area contributed by atoms with E-state index < -0.39 is 11.6 Å². The monoisotopic (exact) mass is 429 g/mol. The third-order valence-corrected chi connectivity index (χ3v) is 5.94. The predicted molar refractivity (Wildman–Crippen MR) is 116 cm³/mol. The van der Waals surface area contributed by atoms with Gasteiger partial charge in [-0.2, -0.15) is 0 Å². The second kappa shape index (κ2) is 10.2. The van der Waals surface area contributed by atoms with Crippen LogP contribution in [0.2, 0.25) is 0 Å². The lowest BCUT2D eigenvalue weighted by Gasteiger charge is -2.34. The van der Waals surface area contributed by atoms with Gasteiger partial charge in [-0.3, -0.25) is 9.69 Å². The Morgan fingerprint density at radius 2 is 1.68 bits per heavy atom. The molecular weight excluding hydrogens is 400 g/mol. The van der Waals surface area contributed by atoms with Crippen LogP contribution < -0.4 is 9.64 Å². The molecule has 0 aromatic heterocycles. The van der Waals surface area contributed by atoms with Crippen LogP contribution >= 0.6 is 0 Å². The molecule has 0 spiro atoms. The molecule has 2 saturated heterocycles. The predicted octanol–water partition coefficient (Wildman–Crippen LogP) is 3.68. The average molecular weight is 430 g/mol. The largest absolute Gasteiger partial charge is 0.494 e. The van der Waals surface area contributed by atoms with Gasteiger partial charge in [0.05, 0.1) is 13.2 Å². The Morgan fingerprint density at radius 1 is 0.903 bits per heavy atom. The van der Waals surface area contributed by atoms with E-state index in [1.807, 2.05) is 29.2 Å². The Balaban J connectivity index is 1.24. The van der Waals surface area contributed by atoms with Crippen molar-refractivity contribution < 1.29 is 18.3 Å². The summed E-state index contributed by atoms with van der Waals surface area (Å²) in [6, 6.07) is 11.2. The van der Waals surface area contributed by atoms with Crippen LogP contribution in [0.25, 0.3) is 0 Å². The number of rotatable bonds is 8. The molecule has 2 heterocycles. The minimum Gasteiger partial charge on any atom is -0.494 e. The summed E-state index contributed by atoms with van der Waals surface area (Å²) in [6.45, 7) is 5.81. The summed E-state index contributed by atoms with van der Waals surface area (Å²) >= 11 is 0. The lowest BCUT2D eigenvalue weighted by Crippen LogP contribution is -2.50. The number of hydrogen-bond donors (Lipinski definition) is 0. The zero-order chi connectivity index (χ0) is 21.6. The van der Waals surface area contributed by atoms with Crippen molar-refractivity contribution >= 4 is 11.6 Å². The molecule has 2 aliphatic rings. The fraction of sp³-hybridized carbons (Fsp3) is 0.458. The van der Waals surface area contributed by atoms with Gasteiger partial charge >= 0.3 is 0 Å². The van der Waals surface area contributed by atoms with Gasteiger partial charge in [0.15, 0.2) is 0 Å². The Bertz CT molecular complexity index is 885. The molecule has 1 amide bonds. The Kier molecular flexibility index (Phi) is 7.14. The number of nitrogens with zero attached hydrogens (tertiary/aromatic N) is 3. The van der Waals surface area contributed by atoms with Crippen LogP contribution in [0.15, 0.2) is 42.5 Å². The van der Waals surface area contributed by atoms with Gasteiger partial charge in [0, 0.05) is 43.5 Å². The summed E-state index contributed by atoms with van der Waals surface area (Å²) < 4.78 is 32.8. The summed E-state index contributed by atoms with van der Waals surface area (Å²) in [6.07, 6.45) is 3.62. The maximum atomic E-state index is 13.9. The van der Waals surface area contributed by atoms with Crippen LogP contribution in [-0.4, -0.2) is 61.6 Å². The van der Waals surface area contributed by atoms with Gasteiger partial charge in [0.25, 0.3) is 0 Å². The normalized spacial score (nSPS) is 18.0. The molecule has 0 unspecified atom stereocenters. The topological polar surface area (TPSA) is 36.0 Å². The fourth-order valence-electron chi connectivity index (χ4n) is 4.23. The highest BCUT2D eigenvalue weighted by Crippen LogP contribution is 2.22. The number of amides is 1. The molecule has 2 aliphatic heterocycles. The van der Waals surface area contributed by atoms with Crippen molar-refractivity contribution in [2.45, 2.75) is 25.8 Å². The van der Waals surface area contributed by atoms with Crippen molar-refractivity contribution in [2.75, 3.05) is 50.8 Å². The molecule has 0 saturated carbocycles. The van der Waals surface area contributed by atoms with Gasteiger partial charge in [-0.05, 0) is 62.7 Å². The molecule has 2 aromatic rings. The van der Waals surface area contributed by atoms with Crippen molar-refractivity contribution in [3.05, 3.63) is 59.7 Å². The van der Waals surface area contributed by atoms with Crippen LogP contribution in [-0.2, 0) is 11.3 Å². The summed E-state index contributed by atoms with van der Waals surface area (Å²) in [5.74, 6) is -0.400. The molecular formula is C24H29F2N3O2. The van der Waals surface area contributed by atoms with Gasteiger partial charge < -0.3 is 14.5 Å². The van der Waals surface area contributed by atoms with Crippen LogP contribution in [0.3, 0.4) is 0 Å². The first-order valence-electron chi connectivity index (χ1n) is 11.0. The zero-order valence-corrected chi connectivity index (χ0v) is 17.7. The molecule has 0 atom stereocenters. The Hall–Kier alpha value is -2.51. The lowest BCUT2D eigenvalue weighted by atomic mass is 10.1. The highest BCUT2D eigenvalue weighted by molar-refractivity contribution is 5.95. The molecule has 2 fully saturated rings. The summed E-state index contributed by atoms with van der Waals surface area (Å²) in [4.78, 5) is 18.8. The van der Waals surface area contributed by atoms with E-state index in [0.29, 0.717) is 25.3 Å². The van der Waals surface area contributed by atoms with E-state index in [9.17, 15) is 13.6 Å². The number of halogens is 2. The van der Waals surface area contributed by atoms with E-state index in [-0.39, 0.29) is 19.0 Å². The third-order valence-electron chi connectivity index (χ3n) is 5.94. The molecule has 2 aromatic carbocycles. The van der Waals surface area contributed by atoms with Crippen LogP contribution in [0, 0.1) is 11.6 Å². The minimum absolute atomic E-state index is 0.0342. The minimum atomic E-state index is -0.596. The van der Waals surface area contributed by atoms with Crippen molar-refractivity contribution in [2.24, 2.45) is 0 Å². The first kappa shape index (κ1) is 21.7. The summed E-state index contributed by atoms with van der Waals surface area (Å²) in [5.41, 5.74) is 1.23. The van der Waals surface area contributed by atoms with Gasteiger partial charge in [0.2, 0.25) is 5.91 Å². The van der Waals surface area contributed by atoms with E-state index in [1.165, 1.54) is 38.1 Å². The quantitative estimate of drug-likeness (QED) is 0.600. The van der Waals surface area contributed by atoms with Gasteiger partial charge in [-0.1, -0.05) is 6.07 Å². The number of carbonyl (C=O) groups excluding carboxylic acids is 1. The zero-order valence-electron chi connectivity index (χ0n) is 17.7. The number of anilines is 1. The number of ether oxygens (including phenoxy) is 1. The second-order valence-electron chi connectivity index (χ2n) is 8.24. The first-order valence-corrected chi connectivity index (χ1v) is 11.0. The summed E-state index contributed by atoms with van der Waals surface area (Å²) in [7, 11) is 0. The van der Waals surface area contributed by atoms with E-state index >= 15 is 0 Å². The number of hydrogen-bond acceptors (Lipinski definition) is 4. The highest BCUT2D eigenvalue weighted by Gasteiger charge is 2.25. The van der Waals surface area contributed by atoms with E-state index in [1.54, 1.807) is 4.90 Å². The Morgan fingerprint density at radius 3 is 2.39 bits per heavy atom. The standard InChI is InChI=1S/C24H29F2N3O2/c25-20-5-4-19(23(26)16-20)17-28-13-14-29(24(30)18-28)21-6-8-22(9-7-21)31-15-3-12-27-10-1-2-11-27/h4-9,16H,1-3,10-15,17-18H2. The average Bonchev–Trinajstić information content (AvgIpc) is 3.28. The maximum Gasteiger partial charge on any atom is 0.241 e. The van der Waals surface area contributed by atoms with Crippen molar-refractivity contribution in [1.29, 1.82) is 0 Å². The highest BCUT2D eigenvalue weighted by atomic mass is 19.1. The molecule has 5 nitrogen and oxygen atoms in total. The van der Waals surface area contributed by atoms with E-state index in [2.05, 4.69) is 4.90 Å². The maximum absolute atomic E-state index is 13.9. The molecule has 166 valence electrons. The lowest BCUT2D eigenvalue weighted by molar-refractivity contribution is -0.121. The molecule has 0 bridgehead atoms. The van der Waals surface area contributed by atoms with Crippen molar-refractivity contribution in [3.63, 3.8) is 0 Å². The number of piperazine rings is 1. The number of likely N-dealkylation sites (tertiary alicyclic amines) is 1. The Labute approximate surface area is 182 Å². The molecule has 7 heteroatoms. The van der Waals surface area contributed by atoms with Crippen LogP contribution in [0.5, 0.6) is 5.75 Å². The SMILES string of the molecule is O=C1CN(Cc2ccc(F)cc2F)CCN1c1ccc(OCCCN2CCCC2)cc1. The van der Waals surface area contributed by atoms with Crippen LogP contribution in [0.1, 0.15) is 24.8 Å². The van der Waals surface area contributed by atoms with Crippen molar-refractivity contribution in [3.8, 4) is 5.75 Å². The fourth-order valence-corrected chi connectivity index (χ4v) is 4.23. The number of carbonyl (C=O) groups is 1. The molecule has 4 rings (SSSR count). The summed E-state index contributed by atoms with van der Waals surface area (Å²) in [5, 5.41) is 0. The number of benzene rings is 2. The van der Waals surface area contributed by atoms with Gasteiger partial charge in [-0.15, -0.1) is 0 Å².